The topological polar surface area (TPSA) is 46.2 Å². The third-order valence-corrected chi connectivity index (χ3v) is 5.26. The van der Waals surface area contributed by atoms with E-state index in [1.165, 1.54) is 13.8 Å². The monoisotopic (exact) mass is 355 g/mol. The van der Waals surface area contributed by atoms with Crippen LogP contribution < -0.4 is 4.72 Å². The normalized spacial score (nSPS) is 12.0. The molecular formula is C17H16F3NO2S. The molecule has 0 heterocycles. The van der Waals surface area contributed by atoms with Crippen molar-refractivity contribution in [3.63, 3.8) is 0 Å². The molecule has 2 aromatic rings. The third kappa shape index (κ3) is 3.62. The van der Waals surface area contributed by atoms with Crippen molar-refractivity contribution in [2.24, 2.45) is 0 Å². The summed E-state index contributed by atoms with van der Waals surface area (Å²) in [6.45, 7) is 6.22. The van der Waals surface area contributed by atoms with Crippen LogP contribution in [-0.4, -0.2) is 8.42 Å². The number of hydrogen-bond acceptors (Lipinski definition) is 2. The molecule has 0 atom stereocenters. The Morgan fingerprint density at radius 2 is 1.58 bits per heavy atom. The minimum atomic E-state index is -4.52. The first kappa shape index (κ1) is 18.1. The van der Waals surface area contributed by atoms with Gasteiger partial charge in [0.05, 0.1) is 10.5 Å². The number of alkyl halides is 3. The summed E-state index contributed by atoms with van der Waals surface area (Å²) in [7, 11) is -3.99. The van der Waals surface area contributed by atoms with Gasteiger partial charge in [-0.3, -0.25) is 4.72 Å². The summed E-state index contributed by atoms with van der Waals surface area (Å²) in [5.74, 6) is 0. The van der Waals surface area contributed by atoms with Gasteiger partial charge in [0, 0.05) is 5.69 Å². The third-order valence-electron chi connectivity index (χ3n) is 3.73. The highest BCUT2D eigenvalue weighted by molar-refractivity contribution is 7.92. The highest BCUT2D eigenvalue weighted by atomic mass is 32.2. The van der Waals surface area contributed by atoms with Gasteiger partial charge in [-0.15, -0.1) is 0 Å². The maximum atomic E-state index is 12.9. The average molecular weight is 355 g/mol. The lowest BCUT2D eigenvalue weighted by Gasteiger charge is -2.16. The van der Waals surface area contributed by atoms with Gasteiger partial charge in [-0.25, -0.2) is 8.42 Å². The number of anilines is 1. The molecule has 24 heavy (non-hydrogen) atoms. The SMILES string of the molecule is C=Cc1ccc(NS(=O)(=O)c2ccc(C(F)(F)F)c(C)c2C)cc1. The quantitative estimate of drug-likeness (QED) is 0.859. The van der Waals surface area contributed by atoms with Crippen LogP contribution in [0, 0.1) is 13.8 Å². The van der Waals surface area contributed by atoms with E-state index in [1.807, 2.05) is 0 Å². The van der Waals surface area contributed by atoms with Crippen LogP contribution in [0.3, 0.4) is 0 Å². The van der Waals surface area contributed by atoms with E-state index in [0.29, 0.717) is 5.69 Å². The van der Waals surface area contributed by atoms with Gasteiger partial charge in [0.1, 0.15) is 0 Å². The van der Waals surface area contributed by atoms with Gasteiger partial charge in [0.15, 0.2) is 0 Å². The molecule has 2 rings (SSSR count). The smallest absolute Gasteiger partial charge is 0.280 e. The number of hydrogen-bond donors (Lipinski definition) is 1. The largest absolute Gasteiger partial charge is 0.416 e. The molecule has 128 valence electrons. The maximum absolute atomic E-state index is 12.9. The number of sulfonamides is 1. The van der Waals surface area contributed by atoms with Crippen LogP contribution in [0.15, 0.2) is 47.9 Å². The first-order valence-corrected chi connectivity index (χ1v) is 8.47. The molecule has 0 unspecified atom stereocenters. The van der Waals surface area contributed by atoms with Gasteiger partial charge in [-0.2, -0.15) is 13.2 Å². The first-order valence-electron chi connectivity index (χ1n) is 6.99. The molecule has 2 aromatic carbocycles. The van der Waals surface area contributed by atoms with E-state index in [2.05, 4.69) is 11.3 Å². The van der Waals surface area contributed by atoms with E-state index >= 15 is 0 Å². The van der Waals surface area contributed by atoms with Crippen molar-refractivity contribution >= 4 is 21.8 Å². The fourth-order valence-corrected chi connectivity index (χ4v) is 3.65. The van der Waals surface area contributed by atoms with Gasteiger partial charge in [0.25, 0.3) is 10.0 Å². The zero-order valence-electron chi connectivity index (χ0n) is 13.1. The van der Waals surface area contributed by atoms with Crippen LogP contribution >= 0.6 is 0 Å². The van der Waals surface area contributed by atoms with Gasteiger partial charge in [-0.1, -0.05) is 24.8 Å². The summed E-state index contributed by atoms with van der Waals surface area (Å²) in [5.41, 5.74) is 0.263. The Morgan fingerprint density at radius 3 is 2.08 bits per heavy atom. The Labute approximate surface area is 138 Å². The Kier molecular flexibility index (Phi) is 4.75. The highest BCUT2D eigenvalue weighted by Gasteiger charge is 2.34. The number of benzene rings is 2. The molecule has 0 bridgehead atoms. The summed E-state index contributed by atoms with van der Waals surface area (Å²) in [4.78, 5) is -0.180. The fourth-order valence-electron chi connectivity index (χ4n) is 2.29. The minimum absolute atomic E-state index is 0.0695. The second kappa shape index (κ2) is 6.32. The summed E-state index contributed by atoms with van der Waals surface area (Å²) >= 11 is 0. The molecular weight excluding hydrogens is 339 g/mol. The molecule has 1 N–H and O–H groups in total. The lowest BCUT2D eigenvalue weighted by molar-refractivity contribution is -0.138. The molecule has 0 aliphatic rings. The van der Waals surface area contributed by atoms with Crippen molar-refractivity contribution in [1.29, 1.82) is 0 Å². The number of rotatable bonds is 4. The molecule has 0 fully saturated rings. The van der Waals surface area contributed by atoms with Crippen molar-refractivity contribution in [3.05, 3.63) is 65.2 Å². The van der Waals surface area contributed by atoms with Crippen molar-refractivity contribution < 1.29 is 21.6 Å². The van der Waals surface area contributed by atoms with Crippen molar-refractivity contribution in [3.8, 4) is 0 Å². The summed E-state index contributed by atoms with van der Waals surface area (Å²) in [6, 6.07) is 8.23. The Bertz CT molecular complexity index is 870. The zero-order chi connectivity index (χ0) is 18.1. The summed E-state index contributed by atoms with van der Waals surface area (Å²) in [5, 5.41) is 0. The van der Waals surface area contributed by atoms with Crippen LogP contribution in [0.1, 0.15) is 22.3 Å². The molecule has 0 saturated carbocycles. The highest BCUT2D eigenvalue weighted by Crippen LogP contribution is 2.35. The lowest BCUT2D eigenvalue weighted by Crippen LogP contribution is -2.17. The summed E-state index contributed by atoms with van der Waals surface area (Å²) < 4.78 is 66.0. The molecule has 0 radical (unpaired) electrons. The lowest BCUT2D eigenvalue weighted by atomic mass is 10.0. The van der Waals surface area contributed by atoms with E-state index in [1.54, 1.807) is 30.3 Å². The number of halogens is 3. The molecule has 0 aliphatic carbocycles. The van der Waals surface area contributed by atoms with E-state index in [0.717, 1.165) is 17.7 Å². The predicted molar refractivity (Wildman–Crippen MR) is 88.3 cm³/mol. The molecule has 0 aliphatic heterocycles. The maximum Gasteiger partial charge on any atom is 0.416 e. The van der Waals surface area contributed by atoms with E-state index in [9.17, 15) is 21.6 Å². The van der Waals surface area contributed by atoms with Crippen LogP contribution in [0.5, 0.6) is 0 Å². The summed E-state index contributed by atoms with van der Waals surface area (Å²) in [6.07, 6.45) is -2.91. The van der Waals surface area contributed by atoms with Gasteiger partial charge in [0.2, 0.25) is 0 Å². The second-order valence-electron chi connectivity index (χ2n) is 5.29. The number of nitrogens with one attached hydrogen (secondary N) is 1. The van der Waals surface area contributed by atoms with E-state index in [4.69, 9.17) is 0 Å². The van der Waals surface area contributed by atoms with Gasteiger partial charge in [-0.05, 0) is 54.8 Å². The molecule has 0 saturated heterocycles. The Morgan fingerprint density at radius 1 is 1.00 bits per heavy atom. The molecule has 7 heteroatoms. The standard InChI is InChI=1S/C17H16F3NO2S/c1-4-13-5-7-14(8-6-13)21-24(22,23)16-10-9-15(17(18,19)20)11(2)12(16)3/h4-10,21H,1H2,2-3H3. The minimum Gasteiger partial charge on any atom is -0.280 e. The van der Waals surface area contributed by atoms with E-state index in [-0.39, 0.29) is 16.0 Å². The van der Waals surface area contributed by atoms with Crippen LogP contribution in [0.2, 0.25) is 0 Å². The van der Waals surface area contributed by atoms with Crippen molar-refractivity contribution in [1.82, 2.24) is 0 Å². The van der Waals surface area contributed by atoms with E-state index < -0.39 is 21.8 Å². The molecule has 3 nitrogen and oxygen atoms in total. The predicted octanol–water partition coefficient (Wildman–Crippen LogP) is 4.77. The van der Waals surface area contributed by atoms with Gasteiger partial charge < -0.3 is 0 Å². The molecule has 0 aromatic heterocycles. The van der Waals surface area contributed by atoms with Crippen LogP contribution in [0.25, 0.3) is 6.08 Å². The van der Waals surface area contributed by atoms with Crippen LogP contribution in [-0.2, 0) is 16.2 Å². The second-order valence-corrected chi connectivity index (χ2v) is 6.94. The molecule has 0 spiro atoms. The van der Waals surface area contributed by atoms with Gasteiger partial charge >= 0.3 is 6.18 Å². The Hall–Kier alpha value is -2.28. The van der Waals surface area contributed by atoms with Crippen LogP contribution in [0.4, 0.5) is 18.9 Å². The first-order chi connectivity index (χ1) is 11.1. The zero-order valence-corrected chi connectivity index (χ0v) is 13.9. The average Bonchev–Trinajstić information content (AvgIpc) is 2.48. The van der Waals surface area contributed by atoms with Crippen molar-refractivity contribution in [2.45, 2.75) is 24.9 Å². The Balaban J connectivity index is 2.42. The van der Waals surface area contributed by atoms with Crippen molar-refractivity contribution in [2.75, 3.05) is 4.72 Å². The molecule has 0 amide bonds. The fraction of sp³-hybridized carbons (Fsp3) is 0.176.